The van der Waals surface area contributed by atoms with Crippen LogP contribution in [-0.2, 0) is 0 Å². The number of anilines is 1. The number of aromatic nitrogens is 2. The van der Waals surface area contributed by atoms with E-state index in [-0.39, 0.29) is 0 Å². The fraction of sp³-hybridized carbons (Fsp3) is 0.286. The summed E-state index contributed by atoms with van der Waals surface area (Å²) in [5, 5.41) is 7.91. The maximum Gasteiger partial charge on any atom is 0.146 e. The summed E-state index contributed by atoms with van der Waals surface area (Å²) in [6, 6.07) is 9.52. The van der Waals surface area contributed by atoms with Crippen molar-refractivity contribution in [1.82, 2.24) is 10.2 Å². The highest BCUT2D eigenvalue weighted by Gasteiger charge is 2.04. The predicted octanol–water partition coefficient (Wildman–Crippen LogP) is 3.04. The van der Waals surface area contributed by atoms with Crippen LogP contribution in [0.25, 0.3) is 11.3 Å². The molecular formula is C14H16ClN3O. The molecule has 0 bridgehead atoms. The molecule has 1 aromatic heterocycles. The molecule has 100 valence electrons. The van der Waals surface area contributed by atoms with Crippen LogP contribution in [0.15, 0.2) is 30.3 Å². The first kappa shape index (κ1) is 13.6. The minimum absolute atomic E-state index is 0.418. The highest BCUT2D eigenvalue weighted by Crippen LogP contribution is 2.25. The molecule has 0 unspecified atom stereocenters. The number of halogens is 1. The Balaban J connectivity index is 2.16. The van der Waals surface area contributed by atoms with Crippen LogP contribution < -0.4 is 10.5 Å². The summed E-state index contributed by atoms with van der Waals surface area (Å²) in [7, 11) is 0. The van der Waals surface area contributed by atoms with Gasteiger partial charge in [-0.05, 0) is 49.2 Å². The molecule has 2 rings (SSSR count). The average Bonchev–Trinajstić information content (AvgIpc) is 2.42. The van der Waals surface area contributed by atoms with Crippen LogP contribution >= 0.6 is 11.6 Å². The molecule has 2 N–H and O–H groups in total. The maximum absolute atomic E-state index is 5.65. The number of alkyl halides is 1. The largest absolute Gasteiger partial charge is 0.493 e. The minimum Gasteiger partial charge on any atom is -0.493 e. The van der Waals surface area contributed by atoms with Gasteiger partial charge in [-0.25, -0.2) is 0 Å². The third-order valence-electron chi connectivity index (χ3n) is 2.69. The smallest absolute Gasteiger partial charge is 0.146 e. The quantitative estimate of drug-likeness (QED) is 0.674. The molecule has 0 aliphatic rings. The second-order valence-corrected chi connectivity index (χ2v) is 4.59. The Bertz CT molecular complexity index is 543. The van der Waals surface area contributed by atoms with Crippen LogP contribution in [-0.4, -0.2) is 22.7 Å². The molecule has 1 heterocycles. The average molecular weight is 278 g/mol. The van der Waals surface area contributed by atoms with E-state index in [0.29, 0.717) is 18.3 Å². The molecule has 5 heteroatoms. The van der Waals surface area contributed by atoms with E-state index >= 15 is 0 Å². The van der Waals surface area contributed by atoms with Gasteiger partial charge < -0.3 is 10.5 Å². The van der Waals surface area contributed by atoms with E-state index in [1.165, 1.54) is 0 Å². The van der Waals surface area contributed by atoms with Crippen molar-refractivity contribution in [3.63, 3.8) is 0 Å². The van der Waals surface area contributed by atoms with Crippen molar-refractivity contribution >= 4 is 17.4 Å². The van der Waals surface area contributed by atoms with E-state index in [1.807, 2.05) is 31.2 Å². The van der Waals surface area contributed by atoms with Crippen LogP contribution in [0.1, 0.15) is 12.0 Å². The minimum atomic E-state index is 0.418. The van der Waals surface area contributed by atoms with Gasteiger partial charge in [0.15, 0.2) is 0 Å². The van der Waals surface area contributed by atoms with Crippen molar-refractivity contribution in [2.75, 3.05) is 18.2 Å². The van der Waals surface area contributed by atoms with Gasteiger partial charge in [0.25, 0.3) is 0 Å². The monoisotopic (exact) mass is 277 g/mol. The normalized spacial score (nSPS) is 10.4. The van der Waals surface area contributed by atoms with E-state index in [1.54, 1.807) is 6.07 Å². The van der Waals surface area contributed by atoms with E-state index < -0.39 is 0 Å². The molecule has 2 aromatic rings. The second kappa shape index (κ2) is 6.38. The molecule has 0 radical (unpaired) electrons. The number of hydrogen-bond donors (Lipinski definition) is 1. The standard InChI is InChI=1S/C14H16ClN3O/c1-10-9-11(12-4-6-14(16)18-17-12)3-5-13(10)19-8-2-7-15/h3-6,9H,2,7-8H2,1H3,(H2,16,18). The first-order chi connectivity index (χ1) is 9.20. The Morgan fingerprint density at radius 1 is 1.21 bits per heavy atom. The van der Waals surface area contributed by atoms with Gasteiger partial charge in [-0.1, -0.05) is 0 Å². The summed E-state index contributed by atoms with van der Waals surface area (Å²) >= 11 is 5.62. The zero-order chi connectivity index (χ0) is 13.7. The number of rotatable bonds is 5. The summed E-state index contributed by atoms with van der Waals surface area (Å²) in [5.41, 5.74) is 8.37. The van der Waals surface area contributed by atoms with Gasteiger partial charge in [0.2, 0.25) is 0 Å². The summed E-state index contributed by atoms with van der Waals surface area (Å²) in [6.45, 7) is 2.63. The lowest BCUT2D eigenvalue weighted by Gasteiger charge is -2.09. The highest BCUT2D eigenvalue weighted by molar-refractivity contribution is 6.17. The van der Waals surface area contributed by atoms with Crippen molar-refractivity contribution in [1.29, 1.82) is 0 Å². The number of nitrogens with zero attached hydrogens (tertiary/aromatic N) is 2. The van der Waals surface area contributed by atoms with Gasteiger partial charge in [-0.3, -0.25) is 0 Å². The first-order valence-electron chi connectivity index (χ1n) is 6.09. The fourth-order valence-corrected chi connectivity index (χ4v) is 1.81. The van der Waals surface area contributed by atoms with E-state index in [4.69, 9.17) is 22.1 Å². The number of ether oxygens (including phenoxy) is 1. The van der Waals surface area contributed by atoms with Gasteiger partial charge in [-0.15, -0.1) is 21.8 Å². The van der Waals surface area contributed by atoms with E-state index in [0.717, 1.165) is 29.0 Å². The van der Waals surface area contributed by atoms with Crippen LogP contribution in [0.2, 0.25) is 0 Å². The molecule has 19 heavy (non-hydrogen) atoms. The second-order valence-electron chi connectivity index (χ2n) is 4.21. The number of nitrogens with two attached hydrogens (primary N) is 1. The zero-order valence-corrected chi connectivity index (χ0v) is 11.5. The summed E-state index contributed by atoms with van der Waals surface area (Å²) in [6.07, 6.45) is 0.839. The SMILES string of the molecule is Cc1cc(-c2ccc(N)nn2)ccc1OCCCCl. The molecule has 1 aromatic carbocycles. The molecule has 0 aliphatic heterocycles. The van der Waals surface area contributed by atoms with Crippen molar-refractivity contribution in [3.05, 3.63) is 35.9 Å². The van der Waals surface area contributed by atoms with Crippen molar-refractivity contribution in [2.24, 2.45) is 0 Å². The molecule has 0 aliphatic carbocycles. The van der Waals surface area contributed by atoms with Gasteiger partial charge >= 0.3 is 0 Å². The van der Waals surface area contributed by atoms with Crippen molar-refractivity contribution in [2.45, 2.75) is 13.3 Å². The van der Waals surface area contributed by atoms with Gasteiger partial charge in [-0.2, -0.15) is 0 Å². The Morgan fingerprint density at radius 2 is 2.05 bits per heavy atom. The zero-order valence-electron chi connectivity index (χ0n) is 10.8. The number of benzene rings is 1. The van der Waals surface area contributed by atoms with Crippen LogP contribution in [0.5, 0.6) is 5.75 Å². The number of nitrogen functional groups attached to an aromatic ring is 1. The molecule has 0 saturated heterocycles. The first-order valence-corrected chi connectivity index (χ1v) is 6.63. The van der Waals surface area contributed by atoms with Crippen LogP contribution in [0.4, 0.5) is 5.82 Å². The lowest BCUT2D eigenvalue weighted by Crippen LogP contribution is -1.99. The fourth-order valence-electron chi connectivity index (χ4n) is 1.70. The van der Waals surface area contributed by atoms with Crippen molar-refractivity contribution in [3.8, 4) is 17.0 Å². The van der Waals surface area contributed by atoms with Gasteiger partial charge in [0.05, 0.1) is 12.3 Å². The number of aryl methyl sites for hydroxylation is 1. The predicted molar refractivity (Wildman–Crippen MR) is 77.4 cm³/mol. The van der Waals surface area contributed by atoms with E-state index in [9.17, 15) is 0 Å². The maximum atomic E-state index is 5.65. The highest BCUT2D eigenvalue weighted by atomic mass is 35.5. The Morgan fingerprint density at radius 3 is 2.68 bits per heavy atom. The van der Waals surface area contributed by atoms with Crippen LogP contribution in [0.3, 0.4) is 0 Å². The topological polar surface area (TPSA) is 61.0 Å². The van der Waals surface area contributed by atoms with E-state index in [2.05, 4.69) is 10.2 Å². The lowest BCUT2D eigenvalue weighted by molar-refractivity contribution is 0.316. The molecule has 0 saturated carbocycles. The Kier molecular flexibility index (Phi) is 4.58. The van der Waals surface area contributed by atoms with Gasteiger partial charge in [0, 0.05) is 11.4 Å². The molecule has 0 amide bonds. The summed E-state index contributed by atoms with van der Waals surface area (Å²) in [4.78, 5) is 0. The van der Waals surface area contributed by atoms with Gasteiger partial charge in [0.1, 0.15) is 11.6 Å². The third kappa shape index (κ3) is 3.58. The molecule has 4 nitrogen and oxygen atoms in total. The molecule has 0 spiro atoms. The Labute approximate surface area is 117 Å². The van der Waals surface area contributed by atoms with Crippen molar-refractivity contribution < 1.29 is 4.74 Å². The summed E-state index contributed by atoms with van der Waals surface area (Å²) < 4.78 is 5.65. The molecule has 0 atom stereocenters. The third-order valence-corrected chi connectivity index (χ3v) is 2.96. The van der Waals surface area contributed by atoms with Crippen LogP contribution in [0, 0.1) is 6.92 Å². The lowest BCUT2D eigenvalue weighted by atomic mass is 10.1. The summed E-state index contributed by atoms with van der Waals surface area (Å²) in [5.74, 6) is 1.90. The Hall–Kier alpha value is -1.81. The molecule has 0 fully saturated rings. The number of hydrogen-bond acceptors (Lipinski definition) is 4. The molecular weight excluding hydrogens is 262 g/mol.